The number of esters is 1. The second kappa shape index (κ2) is 63.9. The van der Waals surface area contributed by atoms with Gasteiger partial charge in [0, 0.05) is 12.8 Å². The number of amides is 1. The summed E-state index contributed by atoms with van der Waals surface area (Å²) in [4.78, 5) is 25.1. The van der Waals surface area contributed by atoms with E-state index in [1.165, 1.54) is 308 Å². The lowest BCUT2D eigenvalue weighted by atomic mass is 9.99. The number of ether oxygens (including phenoxy) is 3. The Labute approximate surface area is 525 Å². The number of nitrogens with one attached hydrogen (secondary N) is 1. The molecule has 0 aliphatic carbocycles. The molecule has 1 fully saturated rings. The van der Waals surface area contributed by atoms with Crippen LogP contribution in [0.5, 0.6) is 0 Å². The Bertz CT molecular complexity index is 1420. The summed E-state index contributed by atoms with van der Waals surface area (Å²) in [6.45, 7) is 4.37. The highest BCUT2D eigenvalue weighted by molar-refractivity contribution is 5.76. The number of aliphatic hydroxyl groups excluding tert-OH is 5. The van der Waals surface area contributed by atoms with E-state index in [0.29, 0.717) is 19.4 Å². The highest BCUT2D eigenvalue weighted by Crippen LogP contribution is 2.24. The summed E-state index contributed by atoms with van der Waals surface area (Å²) in [6, 6.07) is -0.804. The van der Waals surface area contributed by atoms with Crippen molar-refractivity contribution in [3.63, 3.8) is 0 Å². The molecule has 0 spiro atoms. The van der Waals surface area contributed by atoms with E-state index in [9.17, 15) is 35.1 Å². The average molecular weight is 1210 g/mol. The zero-order valence-corrected chi connectivity index (χ0v) is 56.1. The molecule has 1 heterocycles. The molecule has 85 heavy (non-hydrogen) atoms. The maximum absolute atomic E-state index is 13.0. The molecule has 11 nitrogen and oxygen atoms in total. The van der Waals surface area contributed by atoms with E-state index in [2.05, 4.69) is 19.2 Å². The van der Waals surface area contributed by atoms with Crippen LogP contribution in [0.1, 0.15) is 386 Å². The minimum absolute atomic E-state index is 0.0177. The number of rotatable bonds is 67. The quantitative estimate of drug-likeness (QED) is 0.0195. The van der Waals surface area contributed by atoms with E-state index in [4.69, 9.17) is 14.2 Å². The van der Waals surface area contributed by atoms with Gasteiger partial charge in [-0.2, -0.15) is 0 Å². The van der Waals surface area contributed by atoms with Crippen molar-refractivity contribution in [1.29, 1.82) is 0 Å². The Morgan fingerprint density at radius 2 is 0.741 bits per heavy atom. The summed E-state index contributed by atoms with van der Waals surface area (Å²) < 4.78 is 16.7. The Morgan fingerprint density at radius 1 is 0.424 bits per heavy atom. The molecule has 0 aromatic heterocycles. The van der Waals surface area contributed by atoms with Gasteiger partial charge in [-0.15, -0.1) is 0 Å². The van der Waals surface area contributed by atoms with Crippen molar-refractivity contribution in [2.45, 2.75) is 429 Å². The molecule has 1 rings (SSSR count). The number of hydrogen-bond acceptors (Lipinski definition) is 10. The van der Waals surface area contributed by atoms with E-state index in [0.717, 1.165) is 51.4 Å². The van der Waals surface area contributed by atoms with Crippen molar-refractivity contribution in [3.8, 4) is 0 Å². The monoisotopic (exact) mass is 1210 g/mol. The summed E-state index contributed by atoms with van der Waals surface area (Å²) in [5.41, 5.74) is 0. The summed E-state index contributed by atoms with van der Waals surface area (Å²) in [7, 11) is 0. The SMILES string of the molecule is CCCCCCCCC/C=C/C(O)C(COC1OC(CO)C(O)C(O)C1O)NC(=O)CCCCCCCCCCCCCCCCCCCCCCCCCCCCCCCCCOC(=O)CCCCCCCCCCCCCCCCCCC. The van der Waals surface area contributed by atoms with E-state index >= 15 is 0 Å². The predicted octanol–water partition coefficient (Wildman–Crippen LogP) is 19.4. The molecule has 0 aromatic carbocycles. The van der Waals surface area contributed by atoms with Crippen LogP contribution in [-0.2, 0) is 23.8 Å². The van der Waals surface area contributed by atoms with E-state index < -0.39 is 49.5 Å². The summed E-state index contributed by atoms with van der Waals surface area (Å²) in [5, 5.41) is 54.3. The van der Waals surface area contributed by atoms with Crippen LogP contribution in [-0.4, -0.2) is 100 Å². The lowest BCUT2D eigenvalue weighted by Crippen LogP contribution is -2.60. The fourth-order valence-corrected chi connectivity index (χ4v) is 12.3. The molecular weight excluding hydrogens is 1060 g/mol. The molecule has 1 amide bonds. The van der Waals surface area contributed by atoms with Crippen LogP contribution in [0.4, 0.5) is 0 Å². The molecule has 11 heteroatoms. The topological polar surface area (TPSA) is 175 Å². The zero-order chi connectivity index (χ0) is 61.6. The molecule has 0 radical (unpaired) electrons. The van der Waals surface area contributed by atoms with Crippen molar-refractivity contribution < 1.29 is 49.3 Å². The zero-order valence-electron chi connectivity index (χ0n) is 56.1. The molecule has 0 bridgehead atoms. The molecule has 7 atom stereocenters. The second-order valence-corrected chi connectivity index (χ2v) is 26.4. The molecular formula is C74H143NO10. The van der Waals surface area contributed by atoms with Gasteiger partial charge in [-0.05, 0) is 32.1 Å². The first-order chi connectivity index (χ1) is 41.7. The van der Waals surface area contributed by atoms with Crippen molar-refractivity contribution in [3.05, 3.63) is 12.2 Å². The fraction of sp³-hybridized carbons (Fsp3) is 0.946. The number of hydrogen-bond donors (Lipinski definition) is 6. The van der Waals surface area contributed by atoms with E-state index in [-0.39, 0.29) is 18.5 Å². The number of carbonyl (C=O) groups excluding carboxylic acids is 2. The first-order valence-corrected chi connectivity index (χ1v) is 37.5. The van der Waals surface area contributed by atoms with Crippen LogP contribution < -0.4 is 5.32 Å². The predicted molar refractivity (Wildman–Crippen MR) is 357 cm³/mol. The smallest absolute Gasteiger partial charge is 0.305 e. The number of carbonyl (C=O) groups is 2. The van der Waals surface area contributed by atoms with Crippen LogP contribution in [0.2, 0.25) is 0 Å². The van der Waals surface area contributed by atoms with Gasteiger partial charge < -0.3 is 45.1 Å². The van der Waals surface area contributed by atoms with E-state index in [1.807, 2.05) is 6.08 Å². The third-order valence-corrected chi connectivity index (χ3v) is 18.2. The molecule has 504 valence electrons. The normalized spacial score (nSPS) is 17.9. The lowest BCUT2D eigenvalue weighted by molar-refractivity contribution is -0.302. The van der Waals surface area contributed by atoms with Crippen LogP contribution >= 0.6 is 0 Å². The van der Waals surface area contributed by atoms with Gasteiger partial charge in [0.15, 0.2) is 6.29 Å². The van der Waals surface area contributed by atoms with Crippen molar-refractivity contribution >= 4 is 11.9 Å². The van der Waals surface area contributed by atoms with Gasteiger partial charge in [-0.1, -0.05) is 353 Å². The van der Waals surface area contributed by atoms with Gasteiger partial charge in [-0.25, -0.2) is 0 Å². The number of allylic oxidation sites excluding steroid dienone is 1. The molecule has 7 unspecified atom stereocenters. The van der Waals surface area contributed by atoms with Crippen LogP contribution in [0.25, 0.3) is 0 Å². The summed E-state index contributed by atoms with van der Waals surface area (Å²) >= 11 is 0. The van der Waals surface area contributed by atoms with Crippen LogP contribution in [0, 0.1) is 0 Å². The number of aliphatic hydroxyl groups is 5. The summed E-state index contributed by atoms with van der Waals surface area (Å²) in [6.07, 6.45) is 69.6. The molecule has 1 saturated heterocycles. The third-order valence-electron chi connectivity index (χ3n) is 18.2. The van der Waals surface area contributed by atoms with Gasteiger partial charge in [0.1, 0.15) is 24.4 Å². The van der Waals surface area contributed by atoms with Crippen molar-refractivity contribution in [2.75, 3.05) is 19.8 Å². The molecule has 1 aliphatic rings. The van der Waals surface area contributed by atoms with Crippen LogP contribution in [0.3, 0.4) is 0 Å². The minimum atomic E-state index is -1.57. The average Bonchev–Trinajstić information content (AvgIpc) is 3.71. The van der Waals surface area contributed by atoms with Crippen molar-refractivity contribution in [2.24, 2.45) is 0 Å². The van der Waals surface area contributed by atoms with E-state index in [1.54, 1.807) is 6.08 Å². The Kier molecular flexibility index (Phi) is 61.2. The van der Waals surface area contributed by atoms with Gasteiger partial charge in [0.25, 0.3) is 0 Å². The lowest BCUT2D eigenvalue weighted by Gasteiger charge is -2.40. The molecule has 0 aromatic rings. The highest BCUT2D eigenvalue weighted by atomic mass is 16.7. The molecule has 1 aliphatic heterocycles. The van der Waals surface area contributed by atoms with Crippen molar-refractivity contribution in [1.82, 2.24) is 5.32 Å². The van der Waals surface area contributed by atoms with Gasteiger partial charge in [0.2, 0.25) is 5.91 Å². The maximum Gasteiger partial charge on any atom is 0.305 e. The molecule has 0 saturated carbocycles. The third kappa shape index (κ3) is 52.8. The second-order valence-electron chi connectivity index (χ2n) is 26.4. The molecule has 6 N–H and O–H groups in total. The van der Waals surface area contributed by atoms with Gasteiger partial charge in [0.05, 0.1) is 32.0 Å². The first-order valence-electron chi connectivity index (χ1n) is 37.5. The highest BCUT2D eigenvalue weighted by Gasteiger charge is 2.44. The Balaban J connectivity index is 1.86. The Hall–Kier alpha value is -1.60. The van der Waals surface area contributed by atoms with Crippen LogP contribution in [0.15, 0.2) is 12.2 Å². The van der Waals surface area contributed by atoms with Gasteiger partial charge in [-0.3, -0.25) is 9.59 Å². The largest absolute Gasteiger partial charge is 0.466 e. The number of unbranched alkanes of at least 4 members (excludes halogenated alkanes) is 53. The standard InChI is InChI=1S/C74H143NO10/c1-3-5-7-9-11-13-14-15-16-32-36-39-42-46-50-54-58-62-70(79)83-63-59-55-51-47-43-40-37-34-31-29-27-25-23-21-19-17-18-20-22-24-26-28-30-33-35-38-41-45-49-53-57-61-69(78)75-66(67(77)60-56-52-48-44-12-10-8-6-4-2)65-84-74-73(82)72(81)71(80)68(64-76)85-74/h56,60,66-68,71-74,76-77,80-82H,3-55,57-59,61-65H2,1-2H3,(H,75,78)/b60-56+. The summed E-state index contributed by atoms with van der Waals surface area (Å²) in [5.74, 6) is -0.160. The van der Waals surface area contributed by atoms with Gasteiger partial charge >= 0.3 is 5.97 Å². The Morgan fingerprint density at radius 3 is 1.09 bits per heavy atom. The fourth-order valence-electron chi connectivity index (χ4n) is 12.3. The minimum Gasteiger partial charge on any atom is -0.466 e. The first kappa shape index (κ1) is 81.4. The maximum atomic E-state index is 13.0.